The minimum Gasteiger partial charge on any atom is -0.392 e. The molecule has 1 saturated carbocycles. The molecule has 1 aromatic rings. The van der Waals surface area contributed by atoms with E-state index in [1.807, 2.05) is 6.07 Å². The van der Waals surface area contributed by atoms with Gasteiger partial charge in [0.2, 0.25) is 0 Å². The van der Waals surface area contributed by atoms with Crippen LogP contribution < -0.4 is 4.90 Å². The van der Waals surface area contributed by atoms with E-state index in [-0.39, 0.29) is 6.61 Å². The first-order valence-corrected chi connectivity index (χ1v) is 5.98. The van der Waals surface area contributed by atoms with Crippen molar-refractivity contribution in [2.24, 2.45) is 5.92 Å². The van der Waals surface area contributed by atoms with Crippen LogP contribution >= 0.6 is 0 Å². The zero-order valence-electron chi connectivity index (χ0n) is 10.1. The maximum atomic E-state index is 9.03. The summed E-state index contributed by atoms with van der Waals surface area (Å²) in [7, 11) is 2.10. The molecule has 0 aliphatic heterocycles. The van der Waals surface area contributed by atoms with E-state index in [0.717, 1.165) is 29.4 Å². The maximum absolute atomic E-state index is 9.03. The molecule has 3 heteroatoms. The molecule has 0 atom stereocenters. The third-order valence-corrected chi connectivity index (χ3v) is 3.41. The third kappa shape index (κ3) is 2.35. The molecule has 0 radical (unpaired) electrons. The first-order valence-electron chi connectivity index (χ1n) is 5.98. The number of hydrogen-bond acceptors (Lipinski definition) is 3. The van der Waals surface area contributed by atoms with Crippen molar-refractivity contribution in [3.8, 4) is 0 Å². The van der Waals surface area contributed by atoms with Crippen LogP contribution in [0.4, 0.5) is 5.82 Å². The van der Waals surface area contributed by atoms with Gasteiger partial charge in [0.25, 0.3) is 0 Å². The highest BCUT2D eigenvalue weighted by atomic mass is 16.3. The summed E-state index contributed by atoms with van der Waals surface area (Å²) in [5.41, 5.74) is 2.03. The van der Waals surface area contributed by atoms with Gasteiger partial charge in [-0.1, -0.05) is 6.42 Å². The Morgan fingerprint density at radius 1 is 1.50 bits per heavy atom. The van der Waals surface area contributed by atoms with Crippen LogP contribution in [0.15, 0.2) is 12.3 Å². The average Bonchev–Trinajstić information content (AvgIpc) is 2.23. The molecule has 0 aromatic carbocycles. The van der Waals surface area contributed by atoms with Crippen molar-refractivity contribution >= 4 is 5.82 Å². The average molecular weight is 220 g/mol. The molecule has 1 aliphatic rings. The van der Waals surface area contributed by atoms with Gasteiger partial charge in [-0.15, -0.1) is 0 Å². The van der Waals surface area contributed by atoms with Gasteiger partial charge < -0.3 is 10.0 Å². The number of aliphatic hydroxyl groups is 1. The predicted molar refractivity (Wildman–Crippen MR) is 65.5 cm³/mol. The molecule has 0 spiro atoms. The fourth-order valence-corrected chi connectivity index (χ4v) is 2.26. The molecule has 0 bridgehead atoms. The molecule has 1 heterocycles. The molecule has 0 unspecified atom stereocenters. The van der Waals surface area contributed by atoms with E-state index in [0.29, 0.717) is 0 Å². The van der Waals surface area contributed by atoms with Gasteiger partial charge in [-0.2, -0.15) is 0 Å². The molecule has 1 fully saturated rings. The van der Waals surface area contributed by atoms with Gasteiger partial charge in [0.05, 0.1) is 6.61 Å². The highest BCUT2D eigenvalue weighted by molar-refractivity contribution is 5.46. The molecule has 0 saturated heterocycles. The summed E-state index contributed by atoms with van der Waals surface area (Å²) in [6, 6.07) is 2.01. The summed E-state index contributed by atoms with van der Waals surface area (Å²) in [6.45, 7) is 3.23. The second-order valence-electron chi connectivity index (χ2n) is 4.82. The first-order chi connectivity index (χ1) is 7.70. The van der Waals surface area contributed by atoms with Crippen LogP contribution in [-0.2, 0) is 6.61 Å². The maximum Gasteiger partial charge on any atom is 0.131 e. The molecule has 16 heavy (non-hydrogen) atoms. The standard InChI is InChI=1S/C13H20N2O/c1-10-6-12(9-16)7-14-13(10)15(2)8-11-4-3-5-11/h6-7,11,16H,3-5,8-9H2,1-2H3. The highest BCUT2D eigenvalue weighted by Gasteiger charge is 2.20. The van der Waals surface area contributed by atoms with Crippen LogP contribution in [-0.4, -0.2) is 23.7 Å². The minimum atomic E-state index is 0.0699. The van der Waals surface area contributed by atoms with Crippen molar-refractivity contribution in [1.82, 2.24) is 4.98 Å². The van der Waals surface area contributed by atoms with Gasteiger partial charge in [0, 0.05) is 19.8 Å². The zero-order valence-corrected chi connectivity index (χ0v) is 10.1. The van der Waals surface area contributed by atoms with Gasteiger partial charge >= 0.3 is 0 Å². The van der Waals surface area contributed by atoms with E-state index in [2.05, 4.69) is 23.9 Å². The Morgan fingerprint density at radius 2 is 2.25 bits per heavy atom. The lowest BCUT2D eigenvalue weighted by Crippen LogP contribution is -2.30. The Balaban J connectivity index is 2.06. The van der Waals surface area contributed by atoms with Crippen molar-refractivity contribution < 1.29 is 5.11 Å². The van der Waals surface area contributed by atoms with E-state index in [1.54, 1.807) is 6.20 Å². The number of rotatable bonds is 4. The van der Waals surface area contributed by atoms with Gasteiger partial charge in [-0.05, 0) is 42.9 Å². The number of aliphatic hydroxyl groups excluding tert-OH is 1. The van der Waals surface area contributed by atoms with Crippen LogP contribution in [0.3, 0.4) is 0 Å². The Bertz CT molecular complexity index is 361. The summed E-state index contributed by atoms with van der Waals surface area (Å²) >= 11 is 0. The van der Waals surface area contributed by atoms with Gasteiger partial charge in [0.15, 0.2) is 0 Å². The van der Waals surface area contributed by atoms with E-state index in [1.165, 1.54) is 19.3 Å². The SMILES string of the molecule is Cc1cc(CO)cnc1N(C)CC1CCC1. The summed E-state index contributed by atoms with van der Waals surface area (Å²) in [5.74, 6) is 1.90. The van der Waals surface area contributed by atoms with Crippen molar-refractivity contribution in [3.05, 3.63) is 23.4 Å². The molecular formula is C13H20N2O. The zero-order chi connectivity index (χ0) is 11.5. The quantitative estimate of drug-likeness (QED) is 0.844. The summed E-state index contributed by atoms with van der Waals surface area (Å²) in [5, 5.41) is 9.03. The highest BCUT2D eigenvalue weighted by Crippen LogP contribution is 2.28. The molecule has 88 valence electrons. The van der Waals surface area contributed by atoms with Crippen LogP contribution in [0.5, 0.6) is 0 Å². The van der Waals surface area contributed by atoms with E-state index in [9.17, 15) is 0 Å². The van der Waals surface area contributed by atoms with Crippen molar-refractivity contribution in [2.75, 3.05) is 18.5 Å². The predicted octanol–water partition coefficient (Wildman–Crippen LogP) is 2.12. The third-order valence-electron chi connectivity index (χ3n) is 3.41. The van der Waals surface area contributed by atoms with Gasteiger partial charge in [-0.3, -0.25) is 0 Å². The number of aryl methyl sites for hydroxylation is 1. The largest absolute Gasteiger partial charge is 0.392 e. The fourth-order valence-electron chi connectivity index (χ4n) is 2.26. The second kappa shape index (κ2) is 4.83. The summed E-state index contributed by atoms with van der Waals surface area (Å²) in [6.07, 6.45) is 5.87. The van der Waals surface area contributed by atoms with Crippen LogP contribution in [0.25, 0.3) is 0 Å². The number of hydrogen-bond donors (Lipinski definition) is 1. The van der Waals surface area contributed by atoms with E-state index in [4.69, 9.17) is 5.11 Å². The Morgan fingerprint density at radius 3 is 2.75 bits per heavy atom. The van der Waals surface area contributed by atoms with Gasteiger partial charge in [-0.25, -0.2) is 4.98 Å². The minimum absolute atomic E-state index is 0.0699. The van der Waals surface area contributed by atoms with Crippen molar-refractivity contribution in [3.63, 3.8) is 0 Å². The molecule has 1 aliphatic carbocycles. The lowest BCUT2D eigenvalue weighted by molar-refractivity contribution is 0.281. The topological polar surface area (TPSA) is 36.4 Å². The monoisotopic (exact) mass is 220 g/mol. The molecule has 1 aromatic heterocycles. The Labute approximate surface area is 97.1 Å². The molecule has 0 amide bonds. The molecule has 1 N–H and O–H groups in total. The lowest BCUT2D eigenvalue weighted by Gasteiger charge is -2.31. The molecular weight excluding hydrogens is 200 g/mol. The number of nitrogens with zero attached hydrogens (tertiary/aromatic N) is 2. The lowest BCUT2D eigenvalue weighted by atomic mass is 9.85. The smallest absolute Gasteiger partial charge is 0.131 e. The summed E-state index contributed by atoms with van der Waals surface area (Å²) in [4.78, 5) is 6.66. The van der Waals surface area contributed by atoms with Gasteiger partial charge in [0.1, 0.15) is 5.82 Å². The Hall–Kier alpha value is -1.09. The first kappa shape index (κ1) is 11.4. The number of pyridine rings is 1. The number of anilines is 1. The van der Waals surface area contributed by atoms with Crippen molar-refractivity contribution in [1.29, 1.82) is 0 Å². The molecule has 3 nitrogen and oxygen atoms in total. The molecule has 2 rings (SSSR count). The summed E-state index contributed by atoms with van der Waals surface area (Å²) < 4.78 is 0. The Kier molecular flexibility index (Phi) is 3.44. The fraction of sp³-hybridized carbons (Fsp3) is 0.615. The normalized spacial score (nSPS) is 15.9. The number of aromatic nitrogens is 1. The second-order valence-corrected chi connectivity index (χ2v) is 4.82. The van der Waals surface area contributed by atoms with E-state index < -0.39 is 0 Å². The van der Waals surface area contributed by atoms with Crippen LogP contribution in [0.2, 0.25) is 0 Å². The van der Waals surface area contributed by atoms with E-state index >= 15 is 0 Å². The van der Waals surface area contributed by atoms with Crippen LogP contribution in [0, 0.1) is 12.8 Å². The van der Waals surface area contributed by atoms with Crippen molar-refractivity contribution in [2.45, 2.75) is 32.8 Å². The van der Waals surface area contributed by atoms with Crippen LogP contribution in [0.1, 0.15) is 30.4 Å².